The zero-order valence-corrected chi connectivity index (χ0v) is 22.5. The molecule has 0 radical (unpaired) electrons. The Balaban J connectivity index is 1.41. The molecular weight excluding hydrogens is 524 g/mol. The molecule has 3 aromatic carbocycles. The van der Waals surface area contributed by atoms with Crippen molar-refractivity contribution in [2.75, 3.05) is 16.2 Å². The van der Waals surface area contributed by atoms with Crippen LogP contribution in [0, 0.1) is 13.8 Å². The molecule has 196 valence electrons. The average Bonchev–Trinajstić information content (AvgIpc) is 3.29. The summed E-state index contributed by atoms with van der Waals surface area (Å²) in [5.74, 6) is -0.990. The van der Waals surface area contributed by atoms with E-state index in [1.54, 1.807) is 44.2 Å². The summed E-state index contributed by atoms with van der Waals surface area (Å²) in [6, 6.07) is 16.4. The Hall–Kier alpha value is -3.82. The molecule has 1 atom stereocenters. The van der Waals surface area contributed by atoms with Gasteiger partial charge in [0.1, 0.15) is 6.04 Å². The number of sulfonamides is 1. The van der Waals surface area contributed by atoms with Gasteiger partial charge in [-0.2, -0.15) is 0 Å². The molecule has 5 rings (SSSR count). The van der Waals surface area contributed by atoms with E-state index in [0.29, 0.717) is 40.5 Å². The molecule has 1 aromatic heterocycles. The molecule has 3 N–H and O–H groups in total. The van der Waals surface area contributed by atoms with Crippen molar-refractivity contribution in [1.82, 2.24) is 10.3 Å². The van der Waals surface area contributed by atoms with Gasteiger partial charge in [0, 0.05) is 28.7 Å². The van der Waals surface area contributed by atoms with E-state index in [-0.39, 0.29) is 11.3 Å². The normalized spacial score (nSPS) is 15.3. The number of H-pyrrole nitrogens is 1. The average molecular weight is 551 g/mol. The number of aromatic nitrogens is 1. The predicted molar refractivity (Wildman–Crippen MR) is 149 cm³/mol. The van der Waals surface area contributed by atoms with Gasteiger partial charge in [0.05, 0.1) is 22.7 Å². The van der Waals surface area contributed by atoms with Crippen molar-refractivity contribution in [1.29, 1.82) is 0 Å². The summed E-state index contributed by atoms with van der Waals surface area (Å²) in [4.78, 5) is 29.4. The molecule has 0 saturated carbocycles. The highest BCUT2D eigenvalue weighted by Crippen LogP contribution is 2.38. The molecule has 38 heavy (non-hydrogen) atoms. The summed E-state index contributed by atoms with van der Waals surface area (Å²) in [7, 11) is -4.22. The zero-order valence-electron chi connectivity index (χ0n) is 20.9. The van der Waals surface area contributed by atoms with Gasteiger partial charge in [-0.05, 0) is 67.3 Å². The molecule has 0 fully saturated rings. The molecule has 0 spiro atoms. The largest absolute Gasteiger partial charge is 0.361 e. The van der Waals surface area contributed by atoms with Crippen LogP contribution in [0.25, 0.3) is 10.9 Å². The summed E-state index contributed by atoms with van der Waals surface area (Å²) in [5.41, 5.74) is 3.78. The van der Waals surface area contributed by atoms with E-state index in [4.69, 9.17) is 11.6 Å². The van der Waals surface area contributed by atoms with Crippen molar-refractivity contribution in [2.24, 2.45) is 0 Å². The third-order valence-corrected chi connectivity index (χ3v) is 9.12. The molecule has 1 aliphatic rings. The van der Waals surface area contributed by atoms with Gasteiger partial charge in [-0.15, -0.1) is 0 Å². The van der Waals surface area contributed by atoms with Crippen LogP contribution in [0.15, 0.2) is 71.8 Å². The zero-order chi connectivity index (χ0) is 27.0. The van der Waals surface area contributed by atoms with E-state index in [2.05, 4.69) is 15.6 Å². The van der Waals surface area contributed by atoms with Crippen molar-refractivity contribution in [3.05, 3.63) is 88.6 Å². The first-order valence-electron chi connectivity index (χ1n) is 12.2. The summed E-state index contributed by atoms with van der Waals surface area (Å²) < 4.78 is 29.1. The van der Waals surface area contributed by atoms with Crippen molar-refractivity contribution >= 4 is 55.7 Å². The van der Waals surface area contributed by atoms with Crippen LogP contribution in [-0.4, -0.2) is 37.8 Å². The number of rotatable bonds is 7. The predicted octanol–water partition coefficient (Wildman–Crippen LogP) is 4.70. The van der Waals surface area contributed by atoms with Crippen molar-refractivity contribution < 1.29 is 18.0 Å². The molecule has 0 aliphatic carbocycles. The number of aromatic amines is 1. The molecule has 0 bridgehead atoms. The Bertz CT molecular complexity index is 1660. The molecule has 2 amide bonds. The fourth-order valence-corrected chi connectivity index (χ4v) is 6.94. The minimum atomic E-state index is -4.22. The molecule has 10 heteroatoms. The smallest absolute Gasteiger partial charge is 0.265 e. The van der Waals surface area contributed by atoms with Crippen molar-refractivity contribution in [3.8, 4) is 0 Å². The SMILES string of the molecule is Cc1cc(S(=O)(=O)N2c3ccccc3NC(=O)C2CC(=O)NCCc2c[nH]c3ccccc23)c(C)cc1Cl. The highest BCUT2D eigenvalue weighted by atomic mass is 35.5. The van der Waals surface area contributed by atoms with Gasteiger partial charge in [-0.1, -0.05) is 41.9 Å². The minimum Gasteiger partial charge on any atom is -0.361 e. The van der Waals surface area contributed by atoms with E-state index in [1.165, 1.54) is 6.07 Å². The number of fused-ring (bicyclic) bond motifs is 2. The Labute approximate surface area is 226 Å². The van der Waals surface area contributed by atoms with Crippen LogP contribution in [0.5, 0.6) is 0 Å². The number of anilines is 2. The minimum absolute atomic E-state index is 0.0358. The summed E-state index contributed by atoms with van der Waals surface area (Å²) in [6.07, 6.45) is 2.16. The number of amides is 2. The van der Waals surface area contributed by atoms with E-state index >= 15 is 0 Å². The van der Waals surface area contributed by atoms with Crippen LogP contribution in [0.2, 0.25) is 5.02 Å². The fourth-order valence-electron chi connectivity index (χ4n) is 4.80. The number of aryl methyl sites for hydroxylation is 2. The number of halogens is 1. The topological polar surface area (TPSA) is 111 Å². The second-order valence-corrected chi connectivity index (χ2v) is 11.5. The second kappa shape index (κ2) is 10.2. The van der Waals surface area contributed by atoms with Crippen LogP contribution in [-0.2, 0) is 26.0 Å². The maximum Gasteiger partial charge on any atom is 0.265 e. The van der Waals surface area contributed by atoms with Gasteiger partial charge in [-0.25, -0.2) is 8.42 Å². The van der Waals surface area contributed by atoms with E-state index in [0.717, 1.165) is 20.8 Å². The van der Waals surface area contributed by atoms with Crippen molar-refractivity contribution in [3.63, 3.8) is 0 Å². The van der Waals surface area contributed by atoms with Gasteiger partial charge in [0.25, 0.3) is 10.0 Å². The first-order chi connectivity index (χ1) is 18.2. The fraction of sp³-hybridized carbons (Fsp3) is 0.214. The van der Waals surface area contributed by atoms with Crippen LogP contribution < -0.4 is 14.9 Å². The van der Waals surface area contributed by atoms with Gasteiger partial charge >= 0.3 is 0 Å². The van der Waals surface area contributed by atoms with E-state index in [1.807, 2.05) is 30.5 Å². The Morgan fingerprint density at radius 2 is 1.79 bits per heavy atom. The number of para-hydroxylation sites is 3. The van der Waals surface area contributed by atoms with Crippen LogP contribution in [0.1, 0.15) is 23.1 Å². The van der Waals surface area contributed by atoms with Gasteiger partial charge < -0.3 is 15.6 Å². The molecular formula is C28H27ClN4O4S. The lowest BCUT2D eigenvalue weighted by Gasteiger charge is -2.37. The first kappa shape index (κ1) is 25.8. The Morgan fingerprint density at radius 1 is 1.05 bits per heavy atom. The van der Waals surface area contributed by atoms with Crippen LogP contribution in [0.4, 0.5) is 11.4 Å². The number of nitrogens with zero attached hydrogens (tertiary/aromatic N) is 1. The highest BCUT2D eigenvalue weighted by Gasteiger charge is 2.42. The molecule has 1 aliphatic heterocycles. The number of hydrogen-bond donors (Lipinski definition) is 3. The van der Waals surface area contributed by atoms with Gasteiger partial charge in [0.15, 0.2) is 0 Å². The Kier molecular flexibility index (Phi) is 6.90. The molecule has 1 unspecified atom stereocenters. The standard InChI is InChI=1S/C28H27ClN4O4S/c1-17-14-26(18(2)13-21(17)29)38(36,37)33-24-10-6-5-9-23(24)32-28(35)25(33)15-27(34)30-12-11-19-16-31-22-8-4-3-7-20(19)22/h3-10,13-14,16,25,31H,11-12,15H2,1-2H3,(H,30,34)(H,32,35). The quantitative estimate of drug-likeness (QED) is 0.309. The summed E-state index contributed by atoms with van der Waals surface area (Å²) in [5, 5.41) is 7.13. The lowest BCUT2D eigenvalue weighted by molar-refractivity contribution is -0.125. The van der Waals surface area contributed by atoms with Crippen molar-refractivity contribution in [2.45, 2.75) is 37.6 Å². The molecule has 4 aromatic rings. The van der Waals surface area contributed by atoms with Crippen LogP contribution >= 0.6 is 11.6 Å². The Morgan fingerprint density at radius 3 is 2.61 bits per heavy atom. The van der Waals surface area contributed by atoms with Gasteiger partial charge in [0.2, 0.25) is 11.8 Å². The number of carbonyl (C=O) groups excluding carboxylic acids is 2. The number of nitrogens with one attached hydrogen (secondary N) is 3. The molecule has 0 saturated heterocycles. The number of hydrogen-bond acceptors (Lipinski definition) is 4. The van der Waals surface area contributed by atoms with Gasteiger partial charge in [-0.3, -0.25) is 13.9 Å². The third kappa shape index (κ3) is 4.75. The second-order valence-electron chi connectivity index (χ2n) is 9.35. The lowest BCUT2D eigenvalue weighted by atomic mass is 10.1. The first-order valence-corrected chi connectivity index (χ1v) is 14.0. The lowest BCUT2D eigenvalue weighted by Crippen LogP contribution is -2.53. The maximum atomic E-state index is 14.0. The monoisotopic (exact) mass is 550 g/mol. The highest BCUT2D eigenvalue weighted by molar-refractivity contribution is 7.93. The van der Waals surface area contributed by atoms with E-state index < -0.39 is 27.9 Å². The molecule has 2 heterocycles. The summed E-state index contributed by atoms with van der Waals surface area (Å²) in [6.45, 7) is 3.71. The number of benzene rings is 3. The number of carbonyl (C=O) groups is 2. The maximum absolute atomic E-state index is 14.0. The summed E-state index contributed by atoms with van der Waals surface area (Å²) >= 11 is 6.21. The molecule has 8 nitrogen and oxygen atoms in total. The third-order valence-electron chi connectivity index (χ3n) is 6.75. The van der Waals surface area contributed by atoms with E-state index in [9.17, 15) is 18.0 Å². The van der Waals surface area contributed by atoms with Crippen LogP contribution in [0.3, 0.4) is 0 Å².